The third kappa shape index (κ3) is 6.99. The van der Waals surface area contributed by atoms with Gasteiger partial charge in [-0.3, -0.25) is 9.59 Å². The van der Waals surface area contributed by atoms with Crippen LogP contribution in [0.3, 0.4) is 0 Å². The van der Waals surface area contributed by atoms with Gasteiger partial charge in [0.15, 0.2) is 0 Å². The van der Waals surface area contributed by atoms with Crippen LogP contribution in [0.25, 0.3) is 0 Å². The van der Waals surface area contributed by atoms with Crippen LogP contribution in [0.5, 0.6) is 11.5 Å². The maximum absolute atomic E-state index is 12.8. The summed E-state index contributed by atoms with van der Waals surface area (Å²) in [6, 6.07) is 29.6. The molecule has 4 aromatic rings. The SMILES string of the molecule is CC(Sc1cccc(NC(=O)c2ccccc2C(=O)O)c1)C(=O)Nc1ccc(Oc2ccccc2)cc1. The largest absolute Gasteiger partial charge is 0.478 e. The first-order valence-electron chi connectivity index (χ1n) is 11.4. The monoisotopic (exact) mass is 512 g/mol. The Morgan fingerprint density at radius 3 is 2.08 bits per heavy atom. The Kier molecular flexibility index (Phi) is 8.22. The highest BCUT2D eigenvalue weighted by Gasteiger charge is 2.17. The topological polar surface area (TPSA) is 105 Å². The number of hydrogen-bond donors (Lipinski definition) is 3. The number of carbonyl (C=O) groups is 3. The minimum atomic E-state index is -1.17. The van der Waals surface area contributed by atoms with Crippen molar-refractivity contribution in [2.45, 2.75) is 17.1 Å². The fraction of sp³-hybridized carbons (Fsp3) is 0.0690. The Morgan fingerprint density at radius 2 is 1.38 bits per heavy atom. The number of nitrogens with one attached hydrogen (secondary N) is 2. The highest BCUT2D eigenvalue weighted by atomic mass is 32.2. The van der Waals surface area contributed by atoms with Crippen molar-refractivity contribution in [3.8, 4) is 11.5 Å². The lowest BCUT2D eigenvalue weighted by Gasteiger charge is -2.14. The van der Waals surface area contributed by atoms with E-state index in [4.69, 9.17) is 4.74 Å². The van der Waals surface area contributed by atoms with E-state index in [9.17, 15) is 19.5 Å². The molecular formula is C29H24N2O5S. The summed E-state index contributed by atoms with van der Waals surface area (Å²) < 4.78 is 5.77. The number of carboxylic acid groups (broad SMARTS) is 1. The Morgan fingerprint density at radius 1 is 0.730 bits per heavy atom. The molecule has 0 aliphatic heterocycles. The molecule has 0 aliphatic rings. The summed E-state index contributed by atoms with van der Waals surface area (Å²) in [4.78, 5) is 37.6. The van der Waals surface area contributed by atoms with Gasteiger partial charge in [-0.15, -0.1) is 11.8 Å². The van der Waals surface area contributed by atoms with Crippen LogP contribution in [0.4, 0.5) is 11.4 Å². The molecule has 1 unspecified atom stereocenters. The molecular weight excluding hydrogens is 488 g/mol. The normalized spacial score (nSPS) is 11.3. The molecule has 7 nitrogen and oxygen atoms in total. The first kappa shape index (κ1) is 25.5. The van der Waals surface area contributed by atoms with Crippen LogP contribution in [-0.2, 0) is 4.79 Å². The molecule has 186 valence electrons. The Labute approximate surface area is 218 Å². The van der Waals surface area contributed by atoms with Gasteiger partial charge in [-0.1, -0.05) is 36.4 Å². The van der Waals surface area contributed by atoms with Crippen LogP contribution in [0.2, 0.25) is 0 Å². The maximum Gasteiger partial charge on any atom is 0.336 e. The van der Waals surface area contributed by atoms with Gasteiger partial charge in [0.1, 0.15) is 11.5 Å². The molecule has 2 amide bonds. The second-order valence-corrected chi connectivity index (χ2v) is 9.44. The molecule has 37 heavy (non-hydrogen) atoms. The van der Waals surface area contributed by atoms with Gasteiger partial charge in [0, 0.05) is 16.3 Å². The van der Waals surface area contributed by atoms with Crippen LogP contribution >= 0.6 is 11.8 Å². The van der Waals surface area contributed by atoms with Gasteiger partial charge in [0.25, 0.3) is 5.91 Å². The maximum atomic E-state index is 12.8. The number of thioether (sulfide) groups is 1. The summed E-state index contributed by atoms with van der Waals surface area (Å²) in [7, 11) is 0. The second-order valence-electron chi connectivity index (χ2n) is 8.02. The van der Waals surface area contributed by atoms with Crippen molar-refractivity contribution in [2.75, 3.05) is 10.6 Å². The minimum Gasteiger partial charge on any atom is -0.478 e. The summed E-state index contributed by atoms with van der Waals surface area (Å²) in [5.74, 6) is -0.476. The Balaban J connectivity index is 1.34. The van der Waals surface area contributed by atoms with Gasteiger partial charge < -0.3 is 20.5 Å². The fourth-order valence-electron chi connectivity index (χ4n) is 3.45. The number of benzene rings is 4. The van der Waals surface area contributed by atoms with Gasteiger partial charge in [0.2, 0.25) is 5.91 Å². The fourth-order valence-corrected chi connectivity index (χ4v) is 4.37. The summed E-state index contributed by atoms with van der Waals surface area (Å²) >= 11 is 1.34. The van der Waals surface area contributed by atoms with Crippen molar-refractivity contribution >= 4 is 40.9 Å². The zero-order chi connectivity index (χ0) is 26.2. The van der Waals surface area contributed by atoms with Crippen LogP contribution in [0.15, 0.2) is 108 Å². The zero-order valence-electron chi connectivity index (χ0n) is 19.9. The van der Waals surface area contributed by atoms with E-state index in [1.807, 2.05) is 36.4 Å². The van der Waals surface area contributed by atoms with Crippen molar-refractivity contribution in [2.24, 2.45) is 0 Å². The van der Waals surface area contributed by atoms with E-state index in [0.717, 1.165) is 10.6 Å². The van der Waals surface area contributed by atoms with E-state index in [-0.39, 0.29) is 17.0 Å². The average Bonchev–Trinajstić information content (AvgIpc) is 2.90. The molecule has 0 saturated carbocycles. The summed E-state index contributed by atoms with van der Waals surface area (Å²) in [6.45, 7) is 1.79. The molecule has 1 atom stereocenters. The average molecular weight is 513 g/mol. The molecule has 0 aromatic heterocycles. The third-order valence-corrected chi connectivity index (χ3v) is 6.37. The molecule has 0 heterocycles. The van der Waals surface area contributed by atoms with Gasteiger partial charge >= 0.3 is 5.97 Å². The first-order valence-corrected chi connectivity index (χ1v) is 12.3. The third-order valence-electron chi connectivity index (χ3n) is 5.28. The van der Waals surface area contributed by atoms with Gasteiger partial charge in [-0.2, -0.15) is 0 Å². The second kappa shape index (κ2) is 11.9. The van der Waals surface area contributed by atoms with Crippen LogP contribution in [-0.4, -0.2) is 28.1 Å². The number of ether oxygens (including phenoxy) is 1. The van der Waals surface area contributed by atoms with Crippen molar-refractivity contribution in [3.63, 3.8) is 0 Å². The van der Waals surface area contributed by atoms with Crippen LogP contribution < -0.4 is 15.4 Å². The molecule has 0 radical (unpaired) electrons. The molecule has 0 bridgehead atoms. The van der Waals surface area contributed by atoms with Crippen molar-refractivity contribution in [1.82, 2.24) is 0 Å². The zero-order valence-corrected chi connectivity index (χ0v) is 20.7. The summed E-state index contributed by atoms with van der Waals surface area (Å²) in [6.07, 6.45) is 0. The van der Waals surface area contributed by atoms with E-state index < -0.39 is 17.1 Å². The van der Waals surface area contributed by atoms with E-state index in [0.29, 0.717) is 17.1 Å². The van der Waals surface area contributed by atoms with Gasteiger partial charge in [-0.25, -0.2) is 4.79 Å². The molecule has 0 spiro atoms. The first-order chi connectivity index (χ1) is 17.9. The quantitative estimate of drug-likeness (QED) is 0.220. The number of para-hydroxylation sites is 1. The van der Waals surface area contributed by atoms with E-state index >= 15 is 0 Å². The van der Waals surface area contributed by atoms with Crippen LogP contribution in [0, 0.1) is 0 Å². The number of amides is 2. The lowest BCUT2D eigenvalue weighted by atomic mass is 10.1. The predicted octanol–water partition coefficient (Wildman–Crippen LogP) is 6.55. The lowest BCUT2D eigenvalue weighted by molar-refractivity contribution is -0.115. The number of anilines is 2. The number of aromatic carboxylic acids is 1. The number of carbonyl (C=O) groups excluding carboxylic acids is 2. The van der Waals surface area contributed by atoms with E-state index in [2.05, 4.69) is 10.6 Å². The van der Waals surface area contributed by atoms with Gasteiger partial charge in [-0.05, 0) is 73.7 Å². The lowest BCUT2D eigenvalue weighted by Crippen LogP contribution is -2.22. The minimum absolute atomic E-state index is 0.0704. The highest BCUT2D eigenvalue weighted by Crippen LogP contribution is 2.28. The molecule has 3 N–H and O–H groups in total. The van der Waals surface area contributed by atoms with Gasteiger partial charge in [0.05, 0.1) is 16.4 Å². The van der Waals surface area contributed by atoms with Crippen molar-refractivity contribution in [3.05, 3.63) is 114 Å². The van der Waals surface area contributed by atoms with Crippen molar-refractivity contribution in [1.29, 1.82) is 0 Å². The molecule has 0 aliphatic carbocycles. The Hall–Kier alpha value is -4.56. The van der Waals surface area contributed by atoms with E-state index in [1.54, 1.807) is 61.5 Å². The van der Waals surface area contributed by atoms with E-state index in [1.165, 1.54) is 23.9 Å². The number of carboxylic acids is 1. The standard InChI is InChI=1S/C29H24N2O5S/c1-19(27(32)30-20-14-16-23(17-15-20)36-22-9-3-2-4-10-22)37-24-11-7-8-21(18-24)31-28(33)25-12-5-6-13-26(25)29(34)35/h2-19H,1H3,(H,30,32)(H,31,33)(H,34,35). The molecule has 4 rings (SSSR count). The van der Waals surface area contributed by atoms with Crippen LogP contribution in [0.1, 0.15) is 27.6 Å². The summed E-state index contributed by atoms with van der Waals surface area (Å²) in [5.41, 5.74) is 1.14. The highest BCUT2D eigenvalue weighted by molar-refractivity contribution is 8.00. The molecule has 8 heteroatoms. The molecule has 4 aromatic carbocycles. The number of rotatable bonds is 9. The van der Waals surface area contributed by atoms with Crippen molar-refractivity contribution < 1.29 is 24.2 Å². The summed E-state index contributed by atoms with van der Waals surface area (Å²) in [5, 5.41) is 14.5. The smallest absolute Gasteiger partial charge is 0.336 e. The predicted molar refractivity (Wildman–Crippen MR) is 145 cm³/mol. The Bertz CT molecular complexity index is 1410. The number of hydrogen-bond acceptors (Lipinski definition) is 5. The molecule has 0 saturated heterocycles. The molecule has 0 fully saturated rings.